The predicted molar refractivity (Wildman–Crippen MR) is 198 cm³/mol. The van der Waals surface area contributed by atoms with Gasteiger partial charge in [-0.2, -0.15) is 0 Å². The molecular formula is C41H77NO3. The van der Waals surface area contributed by atoms with Crippen LogP contribution in [0.1, 0.15) is 200 Å². The van der Waals surface area contributed by atoms with E-state index in [-0.39, 0.29) is 12.5 Å². The number of aliphatic hydroxyl groups excluding tert-OH is 2. The fourth-order valence-corrected chi connectivity index (χ4v) is 5.78. The Morgan fingerprint density at radius 3 is 1.29 bits per heavy atom. The highest BCUT2D eigenvalue weighted by Gasteiger charge is 2.17. The van der Waals surface area contributed by atoms with Crippen LogP contribution in [0.2, 0.25) is 0 Å². The zero-order valence-corrected chi connectivity index (χ0v) is 30.1. The summed E-state index contributed by atoms with van der Waals surface area (Å²) in [7, 11) is 0. The summed E-state index contributed by atoms with van der Waals surface area (Å²) < 4.78 is 0. The number of nitrogens with one attached hydrogen (secondary N) is 1. The molecule has 264 valence electrons. The molecule has 45 heavy (non-hydrogen) atoms. The number of carbonyl (C=O) groups excluding carboxylic acids is 1. The maximum absolute atomic E-state index is 12.3. The lowest BCUT2D eigenvalue weighted by molar-refractivity contribution is -0.123. The van der Waals surface area contributed by atoms with E-state index in [9.17, 15) is 15.0 Å². The molecule has 0 aliphatic heterocycles. The van der Waals surface area contributed by atoms with Crippen molar-refractivity contribution in [2.75, 3.05) is 6.61 Å². The molecular weight excluding hydrogens is 554 g/mol. The minimum Gasteiger partial charge on any atom is -0.394 e. The summed E-state index contributed by atoms with van der Waals surface area (Å²) >= 11 is 0. The van der Waals surface area contributed by atoms with Crippen molar-refractivity contribution in [1.29, 1.82) is 0 Å². The highest BCUT2D eigenvalue weighted by Crippen LogP contribution is 2.14. The van der Waals surface area contributed by atoms with Gasteiger partial charge >= 0.3 is 0 Å². The molecule has 0 aromatic rings. The Morgan fingerprint density at radius 2 is 0.867 bits per heavy atom. The highest BCUT2D eigenvalue weighted by molar-refractivity contribution is 5.76. The SMILES string of the molecule is CCCCCCCC/C=C\CCCCCC(=O)NC(CO)C(O)/C=C/CC/C=C/CCCCCCCCCCCCCCCC. The van der Waals surface area contributed by atoms with Crippen LogP contribution in [-0.4, -0.2) is 34.9 Å². The van der Waals surface area contributed by atoms with E-state index < -0.39 is 12.1 Å². The Balaban J connectivity index is 3.66. The van der Waals surface area contributed by atoms with E-state index in [2.05, 4.69) is 43.5 Å². The van der Waals surface area contributed by atoms with Crippen molar-refractivity contribution in [3.8, 4) is 0 Å². The molecule has 4 nitrogen and oxygen atoms in total. The molecule has 0 bridgehead atoms. The van der Waals surface area contributed by atoms with Crippen molar-refractivity contribution < 1.29 is 15.0 Å². The average Bonchev–Trinajstić information content (AvgIpc) is 3.04. The smallest absolute Gasteiger partial charge is 0.220 e. The maximum Gasteiger partial charge on any atom is 0.220 e. The first-order valence-corrected chi connectivity index (χ1v) is 19.7. The third-order valence-electron chi connectivity index (χ3n) is 8.85. The second-order valence-corrected chi connectivity index (χ2v) is 13.3. The van der Waals surface area contributed by atoms with Gasteiger partial charge in [-0.15, -0.1) is 0 Å². The fourth-order valence-electron chi connectivity index (χ4n) is 5.78. The number of carbonyl (C=O) groups is 1. The van der Waals surface area contributed by atoms with Crippen LogP contribution in [0.25, 0.3) is 0 Å². The van der Waals surface area contributed by atoms with Gasteiger partial charge in [0, 0.05) is 6.42 Å². The van der Waals surface area contributed by atoms with E-state index in [1.165, 1.54) is 135 Å². The largest absolute Gasteiger partial charge is 0.394 e. The van der Waals surface area contributed by atoms with Crippen LogP contribution >= 0.6 is 0 Å². The van der Waals surface area contributed by atoms with Gasteiger partial charge in [-0.1, -0.05) is 172 Å². The molecule has 0 aliphatic rings. The number of aliphatic hydroxyl groups is 2. The molecule has 2 atom stereocenters. The molecule has 2 unspecified atom stereocenters. The molecule has 0 aromatic heterocycles. The van der Waals surface area contributed by atoms with Gasteiger partial charge < -0.3 is 15.5 Å². The molecule has 0 radical (unpaired) electrons. The van der Waals surface area contributed by atoms with Crippen LogP contribution in [0.15, 0.2) is 36.5 Å². The van der Waals surface area contributed by atoms with Crippen LogP contribution in [0, 0.1) is 0 Å². The number of unbranched alkanes of at least 4 members (excludes halogenated alkanes) is 24. The Morgan fingerprint density at radius 1 is 0.511 bits per heavy atom. The number of hydrogen-bond donors (Lipinski definition) is 3. The van der Waals surface area contributed by atoms with Gasteiger partial charge in [-0.3, -0.25) is 4.79 Å². The molecule has 0 saturated heterocycles. The van der Waals surface area contributed by atoms with E-state index in [4.69, 9.17) is 0 Å². The summed E-state index contributed by atoms with van der Waals surface area (Å²) in [5, 5.41) is 22.9. The van der Waals surface area contributed by atoms with Crippen molar-refractivity contribution >= 4 is 5.91 Å². The summed E-state index contributed by atoms with van der Waals surface area (Å²) in [6, 6.07) is -0.644. The monoisotopic (exact) mass is 632 g/mol. The minimum atomic E-state index is -0.865. The van der Waals surface area contributed by atoms with Crippen molar-refractivity contribution in [3.05, 3.63) is 36.5 Å². The van der Waals surface area contributed by atoms with Crippen molar-refractivity contribution in [2.24, 2.45) is 0 Å². The van der Waals surface area contributed by atoms with Gasteiger partial charge in [-0.05, 0) is 57.8 Å². The van der Waals surface area contributed by atoms with Gasteiger partial charge in [0.2, 0.25) is 5.91 Å². The van der Waals surface area contributed by atoms with Gasteiger partial charge in [0.1, 0.15) is 0 Å². The Labute approximate surface area is 281 Å². The van der Waals surface area contributed by atoms with Crippen LogP contribution in [0.5, 0.6) is 0 Å². The van der Waals surface area contributed by atoms with Crippen molar-refractivity contribution in [3.63, 3.8) is 0 Å². The van der Waals surface area contributed by atoms with E-state index in [0.717, 1.165) is 44.9 Å². The molecule has 0 spiro atoms. The normalized spacial score (nSPS) is 13.4. The van der Waals surface area contributed by atoms with Gasteiger partial charge in [0.15, 0.2) is 0 Å². The topological polar surface area (TPSA) is 69.6 Å². The van der Waals surface area contributed by atoms with E-state index in [1.54, 1.807) is 6.08 Å². The second kappa shape index (κ2) is 37.1. The second-order valence-electron chi connectivity index (χ2n) is 13.3. The van der Waals surface area contributed by atoms with Crippen LogP contribution in [-0.2, 0) is 4.79 Å². The van der Waals surface area contributed by atoms with Crippen LogP contribution in [0.3, 0.4) is 0 Å². The molecule has 4 heteroatoms. The standard InChI is InChI=1S/C41H77NO3/c1-3-5-7-9-11-13-15-17-18-19-20-21-22-23-25-26-28-30-32-34-36-40(44)39(38-43)42-41(45)37-35-33-31-29-27-24-16-14-12-10-8-6-4-2/h24,26-28,34,36,39-40,43-44H,3-23,25,29-33,35,37-38H2,1-2H3,(H,42,45)/b27-24-,28-26+,36-34+. The molecule has 1 amide bonds. The summed E-state index contributed by atoms with van der Waals surface area (Å²) in [5.74, 6) is -0.0912. The number of allylic oxidation sites excluding steroid dienone is 5. The van der Waals surface area contributed by atoms with Crippen LogP contribution in [0.4, 0.5) is 0 Å². The Bertz CT molecular complexity index is 686. The molecule has 0 aliphatic carbocycles. The predicted octanol–water partition coefficient (Wildman–Crippen LogP) is 11.8. The Hall–Kier alpha value is -1.39. The first-order valence-electron chi connectivity index (χ1n) is 19.7. The third-order valence-corrected chi connectivity index (χ3v) is 8.85. The van der Waals surface area contributed by atoms with Gasteiger partial charge in [0.05, 0.1) is 18.8 Å². The summed E-state index contributed by atoms with van der Waals surface area (Å²) in [6.45, 7) is 4.28. The van der Waals surface area contributed by atoms with Crippen molar-refractivity contribution in [2.45, 2.75) is 212 Å². The van der Waals surface area contributed by atoms with E-state index in [1.807, 2.05) is 6.08 Å². The molecule has 0 rings (SSSR count). The lowest BCUT2D eigenvalue weighted by Gasteiger charge is -2.19. The summed E-state index contributed by atoms with van der Waals surface area (Å²) in [5.41, 5.74) is 0. The number of hydrogen-bond acceptors (Lipinski definition) is 3. The number of amides is 1. The molecule has 0 fully saturated rings. The van der Waals surface area contributed by atoms with Crippen LogP contribution < -0.4 is 5.32 Å². The van der Waals surface area contributed by atoms with Gasteiger partial charge in [-0.25, -0.2) is 0 Å². The minimum absolute atomic E-state index is 0.0912. The van der Waals surface area contributed by atoms with Crippen molar-refractivity contribution in [1.82, 2.24) is 5.32 Å². The fraction of sp³-hybridized carbons (Fsp3) is 0.829. The summed E-state index contributed by atoms with van der Waals surface area (Å²) in [6.07, 6.45) is 48.1. The third kappa shape index (κ3) is 33.8. The lowest BCUT2D eigenvalue weighted by atomic mass is 10.0. The summed E-state index contributed by atoms with van der Waals surface area (Å²) in [4.78, 5) is 12.3. The lowest BCUT2D eigenvalue weighted by Crippen LogP contribution is -2.45. The maximum atomic E-state index is 12.3. The average molecular weight is 632 g/mol. The van der Waals surface area contributed by atoms with E-state index in [0.29, 0.717) is 6.42 Å². The quantitative estimate of drug-likeness (QED) is 0.0481. The number of rotatable bonds is 35. The first kappa shape index (κ1) is 43.6. The van der Waals surface area contributed by atoms with E-state index >= 15 is 0 Å². The van der Waals surface area contributed by atoms with Gasteiger partial charge in [0.25, 0.3) is 0 Å². The molecule has 0 saturated carbocycles. The first-order chi connectivity index (χ1) is 22.2. The highest BCUT2D eigenvalue weighted by atomic mass is 16.3. The molecule has 0 aromatic carbocycles. The zero-order chi connectivity index (χ0) is 32.9. The molecule has 0 heterocycles. The Kier molecular flexibility index (Phi) is 35.9. The molecule has 3 N–H and O–H groups in total. The zero-order valence-electron chi connectivity index (χ0n) is 30.1.